The van der Waals surface area contributed by atoms with E-state index in [1.54, 1.807) is 0 Å². The number of rotatable bonds is 0. The molecule has 0 amide bonds. The van der Waals surface area contributed by atoms with Crippen molar-refractivity contribution in [3.05, 3.63) is 0 Å². The zero-order valence-corrected chi connectivity index (χ0v) is 23.2. The van der Waals surface area contributed by atoms with E-state index in [4.69, 9.17) is 87.6 Å². The van der Waals surface area contributed by atoms with Gasteiger partial charge in [-0.1, -0.05) is 0 Å². The van der Waals surface area contributed by atoms with Gasteiger partial charge in [0.05, 0.1) is 0 Å². The van der Waals surface area contributed by atoms with E-state index in [2.05, 4.69) is 0 Å². The van der Waals surface area contributed by atoms with Gasteiger partial charge < -0.3 is 51.0 Å². The molecule has 0 heterocycles. The van der Waals surface area contributed by atoms with E-state index in [9.17, 15) is 0 Å². The Morgan fingerprint density at radius 2 is 0.367 bits per heavy atom. The fourth-order valence-electron chi connectivity index (χ4n) is 0. The smallest absolute Gasteiger partial charge is 0.759 e. The molecule has 0 bridgehead atoms. The van der Waals surface area contributed by atoms with Gasteiger partial charge in [0.25, 0.3) is 0 Å². The molecule has 30 heteroatoms. The summed E-state index contributed by atoms with van der Waals surface area (Å²) in [5.41, 5.74) is 0. The standard InChI is InChI=1S/Al.Fe.Mn.5H2O4S.H2O.Zn/c;;;5*1-5(2,3)4;;/h;;;5*(H2,1,2,3,4);1H2;/q2*+3;+2;;;;;;;+2/p-10. The first-order chi connectivity index (χ1) is 10.0. The van der Waals surface area contributed by atoms with Crippen LogP contribution >= 0.6 is 0 Å². The predicted molar refractivity (Wildman–Crippen MR) is 61.7 cm³/mol. The van der Waals surface area contributed by atoms with Gasteiger partial charge in [-0.3, -0.25) is 42.1 Å². The molecule has 0 rings (SSSR count). The maximum atomic E-state index is 8.52. The molecule has 0 aliphatic heterocycles. The van der Waals surface area contributed by atoms with Crippen LogP contribution in [0, 0.1) is 0 Å². The second-order valence-electron chi connectivity index (χ2n) is 2.04. The minimum absolute atomic E-state index is 0. The van der Waals surface area contributed by atoms with Gasteiger partial charge in [0.15, 0.2) is 0 Å². The molecule has 0 aromatic rings. The third-order valence-corrected chi connectivity index (χ3v) is 0. The van der Waals surface area contributed by atoms with Gasteiger partial charge in [-0.2, -0.15) is 0 Å². The Morgan fingerprint density at radius 3 is 0.367 bits per heavy atom. The Balaban J connectivity index is -0.0000000200. The summed E-state index contributed by atoms with van der Waals surface area (Å²) < 4.78 is 170. The van der Waals surface area contributed by atoms with E-state index in [1.165, 1.54) is 0 Å². The summed E-state index contributed by atoms with van der Waals surface area (Å²) in [5.74, 6) is 0. The van der Waals surface area contributed by atoms with E-state index >= 15 is 0 Å². The topological polar surface area (TPSA) is 433 Å². The van der Waals surface area contributed by atoms with Crippen LogP contribution in [0.3, 0.4) is 0 Å². The summed E-state index contributed by atoms with van der Waals surface area (Å²) in [5, 5.41) is 0. The van der Waals surface area contributed by atoms with E-state index in [-0.39, 0.29) is 76.5 Å². The van der Waals surface area contributed by atoms with Crippen LogP contribution < -0.4 is 0 Å². The largest absolute Gasteiger partial charge is 3.00 e. The molecule has 2 radical (unpaired) electrons. The van der Waals surface area contributed by atoms with Gasteiger partial charge >= 0.3 is 71.0 Å². The minimum atomic E-state index is -5.17. The first-order valence-corrected chi connectivity index (χ1v) is 10.0. The van der Waals surface area contributed by atoms with Gasteiger partial charge in [-0.15, -0.1) is 0 Å². The van der Waals surface area contributed by atoms with Gasteiger partial charge in [0.1, 0.15) is 0 Å². The molecule has 30 heavy (non-hydrogen) atoms. The van der Waals surface area contributed by atoms with Gasteiger partial charge in [0, 0.05) is 52.0 Å². The SMILES string of the molecule is O.O=S(=O)([O-])[O-].O=S(=O)([O-])[O-].O=S(=O)([O-])[O-].O=S(=O)([O-])[O-].O=S(=O)([O-])[O-].[Al+3].[Fe+3].[Mn+2].[Zn+2]. The van der Waals surface area contributed by atoms with E-state index in [0.717, 1.165) is 0 Å². The third-order valence-electron chi connectivity index (χ3n) is 0. The normalized spacial score (nSPS) is 9.67. The maximum absolute atomic E-state index is 8.52. The Hall–Kier alpha value is 1.50. The van der Waals surface area contributed by atoms with Crippen LogP contribution in [0.15, 0.2) is 0 Å². The molecule has 0 spiro atoms. The van der Waals surface area contributed by atoms with Crippen LogP contribution in [0.4, 0.5) is 0 Å². The first-order valence-electron chi connectivity index (χ1n) is 3.33. The number of hydrogen-bond donors (Lipinski definition) is 0. The second kappa shape index (κ2) is 26.8. The molecule has 0 aromatic carbocycles. The van der Waals surface area contributed by atoms with E-state index < -0.39 is 52.0 Å². The third kappa shape index (κ3) is 10600. The Labute approximate surface area is 214 Å². The van der Waals surface area contributed by atoms with Crippen LogP contribution in [0.2, 0.25) is 0 Å². The average molecular weight is 701 g/mol. The molecule has 2 N–H and O–H groups in total. The summed E-state index contributed by atoms with van der Waals surface area (Å²) in [6.45, 7) is 0. The summed E-state index contributed by atoms with van der Waals surface area (Å²) in [4.78, 5) is 0. The second-order valence-corrected chi connectivity index (χ2v) is 6.12. The Kier molecular flexibility index (Phi) is 56.5. The van der Waals surface area contributed by atoms with Crippen molar-refractivity contribution in [2.24, 2.45) is 0 Å². The van der Waals surface area contributed by atoms with Crippen LogP contribution in [0.25, 0.3) is 0 Å². The molecule has 0 saturated heterocycles. The van der Waals surface area contributed by atoms with Crippen LogP contribution in [-0.4, -0.2) is 110 Å². The van der Waals surface area contributed by atoms with Crippen molar-refractivity contribution in [2.45, 2.75) is 0 Å². The van der Waals surface area contributed by atoms with Crippen molar-refractivity contribution < 1.29 is 147 Å². The Morgan fingerprint density at radius 1 is 0.367 bits per heavy atom. The fraction of sp³-hybridized carbons (Fsp3) is 0. The van der Waals surface area contributed by atoms with Gasteiger partial charge in [-0.25, -0.2) is 0 Å². The van der Waals surface area contributed by atoms with Crippen molar-refractivity contribution in [3.8, 4) is 0 Å². The summed E-state index contributed by atoms with van der Waals surface area (Å²) in [6, 6.07) is 0. The average Bonchev–Trinajstić information content (AvgIpc) is 1.79. The molecule has 0 aliphatic carbocycles. The first kappa shape index (κ1) is 63.4. The molecule has 178 valence electrons. The van der Waals surface area contributed by atoms with Crippen molar-refractivity contribution in [3.63, 3.8) is 0 Å². The van der Waals surface area contributed by atoms with Gasteiger partial charge in [0.2, 0.25) is 0 Å². The van der Waals surface area contributed by atoms with Gasteiger partial charge in [-0.05, 0) is 0 Å². The monoisotopic (exact) mass is 700 g/mol. The molecule has 0 unspecified atom stereocenters. The van der Waals surface area contributed by atoms with E-state index in [0.29, 0.717) is 0 Å². The molecule has 0 fully saturated rings. The Bertz CT molecular complexity index is 634. The van der Waals surface area contributed by atoms with Crippen molar-refractivity contribution in [1.29, 1.82) is 0 Å². The molecule has 0 aromatic heterocycles. The van der Waals surface area contributed by atoms with Crippen LogP contribution in [-0.2, 0) is 106 Å². The molecule has 0 atom stereocenters. The zero-order valence-electron chi connectivity index (χ0n) is 12.7. The predicted octanol–water partition coefficient (Wildman–Crippen LogP) is -7.90. The minimum Gasteiger partial charge on any atom is -0.759 e. The quantitative estimate of drug-likeness (QED) is 0.128. The molecular formula is H2AlFeMnO21S5Zn. The van der Waals surface area contributed by atoms with Crippen molar-refractivity contribution in [2.75, 3.05) is 0 Å². The fourth-order valence-corrected chi connectivity index (χ4v) is 0. The van der Waals surface area contributed by atoms with Crippen molar-refractivity contribution >= 4 is 69.4 Å². The van der Waals surface area contributed by atoms with Crippen LogP contribution in [0.5, 0.6) is 0 Å². The molecular weight excluding hydrogens is 699 g/mol. The zero-order chi connectivity index (χ0) is 22.5. The maximum Gasteiger partial charge on any atom is 3.00 e. The molecule has 0 aliphatic rings. The molecule has 21 nitrogen and oxygen atoms in total. The summed E-state index contributed by atoms with van der Waals surface area (Å²) in [7, 11) is -25.8. The molecule has 0 saturated carbocycles. The summed E-state index contributed by atoms with van der Waals surface area (Å²) >= 11 is 0. The summed E-state index contributed by atoms with van der Waals surface area (Å²) in [6.07, 6.45) is 0. The van der Waals surface area contributed by atoms with E-state index in [1.807, 2.05) is 0 Å². The van der Waals surface area contributed by atoms with Crippen LogP contribution in [0.1, 0.15) is 0 Å². The van der Waals surface area contributed by atoms with Crippen molar-refractivity contribution in [1.82, 2.24) is 0 Å². The number of hydrogen-bond acceptors (Lipinski definition) is 20.